The maximum Gasteiger partial charge on any atom is 0.434 e. The minimum atomic E-state index is -4.50. The second-order valence-electron chi connectivity index (χ2n) is 9.90. The van der Waals surface area contributed by atoms with Crippen LogP contribution in [0.5, 0.6) is 0 Å². The average Bonchev–Trinajstić information content (AvgIpc) is 3.31. The summed E-state index contributed by atoms with van der Waals surface area (Å²) in [6, 6.07) is 11.1. The van der Waals surface area contributed by atoms with Crippen molar-refractivity contribution in [2.24, 2.45) is 11.3 Å². The Kier molecular flexibility index (Phi) is 6.87. The summed E-state index contributed by atoms with van der Waals surface area (Å²) in [4.78, 5) is 20.0. The molecule has 1 unspecified atom stereocenters. The van der Waals surface area contributed by atoms with Gasteiger partial charge >= 0.3 is 6.18 Å². The summed E-state index contributed by atoms with van der Waals surface area (Å²) in [7, 11) is 0. The van der Waals surface area contributed by atoms with Crippen molar-refractivity contribution in [2.45, 2.75) is 52.3 Å². The Bertz CT molecular complexity index is 1140. The Morgan fingerprint density at radius 2 is 1.86 bits per heavy atom. The normalized spacial score (nSPS) is 16.4. The summed E-state index contributed by atoms with van der Waals surface area (Å²) in [5, 5.41) is 6.45. The first kappa shape index (κ1) is 24.8. The number of hydrogen-bond acceptors (Lipinski definition) is 4. The Labute approximate surface area is 203 Å². The van der Waals surface area contributed by atoms with Gasteiger partial charge in [0.2, 0.25) is 0 Å². The van der Waals surface area contributed by atoms with Gasteiger partial charge in [0.05, 0.1) is 17.9 Å². The Morgan fingerprint density at radius 3 is 2.40 bits per heavy atom. The fourth-order valence-electron chi connectivity index (χ4n) is 4.65. The molecule has 0 radical (unpaired) electrons. The molecule has 3 aromatic rings. The first-order valence-electron chi connectivity index (χ1n) is 11.8. The molecule has 1 amide bonds. The average molecular weight is 486 g/mol. The molecule has 1 atom stereocenters. The number of carbonyl (C=O) groups is 1. The van der Waals surface area contributed by atoms with Gasteiger partial charge < -0.3 is 10.6 Å². The number of rotatable bonds is 8. The number of carbonyl (C=O) groups excluding carboxylic acids is 1. The van der Waals surface area contributed by atoms with Gasteiger partial charge in [0.15, 0.2) is 5.69 Å². The fraction of sp³-hybridized carbons (Fsp3) is 0.423. The highest BCUT2D eigenvalue weighted by Crippen LogP contribution is 2.51. The molecule has 0 spiro atoms. The number of aromatic nitrogens is 3. The van der Waals surface area contributed by atoms with E-state index in [4.69, 9.17) is 0 Å². The van der Waals surface area contributed by atoms with Gasteiger partial charge in [-0.25, -0.2) is 9.97 Å². The zero-order valence-electron chi connectivity index (χ0n) is 20.1. The number of anilines is 1. The summed E-state index contributed by atoms with van der Waals surface area (Å²) >= 11 is 0. The number of imidazole rings is 1. The summed E-state index contributed by atoms with van der Waals surface area (Å²) in [6.45, 7) is 7.15. The summed E-state index contributed by atoms with van der Waals surface area (Å²) in [5.74, 6) is 0.676. The van der Waals surface area contributed by atoms with Gasteiger partial charge in [-0.3, -0.25) is 9.36 Å². The lowest BCUT2D eigenvalue weighted by molar-refractivity contribution is -0.140. The molecule has 2 heterocycles. The van der Waals surface area contributed by atoms with Gasteiger partial charge in [0, 0.05) is 18.3 Å². The van der Waals surface area contributed by atoms with Crippen LogP contribution < -0.4 is 10.6 Å². The van der Waals surface area contributed by atoms with Crippen LogP contribution in [0.4, 0.5) is 18.9 Å². The number of halogens is 3. The minimum Gasteiger partial charge on any atom is -0.377 e. The van der Waals surface area contributed by atoms with E-state index < -0.39 is 11.9 Å². The van der Waals surface area contributed by atoms with Crippen molar-refractivity contribution in [3.8, 4) is 5.82 Å². The number of hydrogen-bond donors (Lipinski definition) is 2. The highest BCUT2D eigenvalue weighted by atomic mass is 19.4. The van der Waals surface area contributed by atoms with Crippen molar-refractivity contribution in [2.75, 3.05) is 11.9 Å². The van der Waals surface area contributed by atoms with Crippen molar-refractivity contribution in [3.63, 3.8) is 0 Å². The van der Waals surface area contributed by atoms with E-state index in [2.05, 4.69) is 34.4 Å². The zero-order chi connectivity index (χ0) is 25.2. The molecule has 6 nitrogen and oxygen atoms in total. The van der Waals surface area contributed by atoms with Crippen molar-refractivity contribution in [3.05, 3.63) is 71.9 Å². The number of nitrogens with one attached hydrogen (secondary N) is 2. The van der Waals surface area contributed by atoms with Crippen LogP contribution >= 0.6 is 0 Å². The molecule has 0 aliphatic heterocycles. The van der Waals surface area contributed by atoms with Crippen LogP contribution in [-0.2, 0) is 6.18 Å². The second kappa shape index (κ2) is 9.71. The van der Waals surface area contributed by atoms with E-state index in [1.54, 1.807) is 18.3 Å². The van der Waals surface area contributed by atoms with Crippen LogP contribution in [0.25, 0.3) is 5.82 Å². The smallest absolute Gasteiger partial charge is 0.377 e. The van der Waals surface area contributed by atoms with Crippen LogP contribution in [0.15, 0.2) is 55.1 Å². The third-order valence-corrected chi connectivity index (χ3v) is 6.38. The Morgan fingerprint density at radius 1 is 1.14 bits per heavy atom. The van der Waals surface area contributed by atoms with Gasteiger partial charge in [0.25, 0.3) is 5.91 Å². The fourth-order valence-corrected chi connectivity index (χ4v) is 4.65. The van der Waals surface area contributed by atoms with Crippen LogP contribution in [-0.4, -0.2) is 27.0 Å². The van der Waals surface area contributed by atoms with Crippen LogP contribution in [0, 0.1) is 11.3 Å². The number of amides is 1. The van der Waals surface area contributed by atoms with E-state index in [1.165, 1.54) is 4.57 Å². The number of pyridine rings is 1. The third kappa shape index (κ3) is 5.83. The molecule has 35 heavy (non-hydrogen) atoms. The van der Waals surface area contributed by atoms with Crippen LogP contribution in [0.2, 0.25) is 0 Å². The lowest BCUT2D eigenvalue weighted by atomic mass is 9.61. The Balaban J connectivity index is 1.51. The SMILES string of the molecule is CCCNC(=O)c1ccc(C(Nc2ccc(-n3cnc(C(F)(F)F)c3)nc2)C2CC(C)(C)C2)cc1. The predicted octanol–water partition coefficient (Wildman–Crippen LogP) is 6.02. The van der Waals surface area contributed by atoms with E-state index in [0.29, 0.717) is 23.8 Å². The molecule has 0 saturated heterocycles. The molecule has 1 aliphatic rings. The molecule has 186 valence electrons. The molecule has 1 aliphatic carbocycles. The highest BCUT2D eigenvalue weighted by molar-refractivity contribution is 5.94. The summed E-state index contributed by atoms with van der Waals surface area (Å²) in [5.41, 5.74) is 1.79. The van der Waals surface area contributed by atoms with E-state index in [-0.39, 0.29) is 17.4 Å². The molecule has 4 rings (SSSR count). The predicted molar refractivity (Wildman–Crippen MR) is 128 cm³/mol. The maximum atomic E-state index is 12.9. The molecule has 1 fully saturated rings. The van der Waals surface area contributed by atoms with Crippen LogP contribution in [0.1, 0.15) is 67.7 Å². The van der Waals surface area contributed by atoms with Crippen molar-refractivity contribution in [1.29, 1.82) is 0 Å². The largest absolute Gasteiger partial charge is 0.434 e. The molecule has 1 saturated carbocycles. The van der Waals surface area contributed by atoms with Crippen molar-refractivity contribution in [1.82, 2.24) is 19.9 Å². The highest BCUT2D eigenvalue weighted by Gasteiger charge is 2.41. The van der Waals surface area contributed by atoms with Crippen molar-refractivity contribution < 1.29 is 18.0 Å². The van der Waals surface area contributed by atoms with E-state index in [9.17, 15) is 18.0 Å². The van der Waals surface area contributed by atoms with Gasteiger partial charge in [-0.1, -0.05) is 32.9 Å². The summed E-state index contributed by atoms with van der Waals surface area (Å²) < 4.78 is 39.8. The molecular formula is C26H30F3N5O. The molecule has 2 N–H and O–H groups in total. The monoisotopic (exact) mass is 485 g/mol. The van der Waals surface area contributed by atoms with Crippen molar-refractivity contribution >= 4 is 11.6 Å². The first-order valence-corrected chi connectivity index (χ1v) is 11.8. The number of alkyl halides is 3. The molecule has 2 aromatic heterocycles. The summed E-state index contributed by atoms with van der Waals surface area (Å²) in [6.07, 6.45) is 2.15. The minimum absolute atomic E-state index is 0.0218. The van der Waals surface area contributed by atoms with Gasteiger partial charge in [0.1, 0.15) is 12.1 Å². The zero-order valence-corrected chi connectivity index (χ0v) is 20.1. The van der Waals surface area contributed by atoms with E-state index in [1.807, 2.05) is 31.2 Å². The quantitative estimate of drug-likeness (QED) is 0.410. The van der Waals surface area contributed by atoms with E-state index >= 15 is 0 Å². The maximum absolute atomic E-state index is 12.9. The molecule has 9 heteroatoms. The van der Waals surface area contributed by atoms with Gasteiger partial charge in [-0.2, -0.15) is 13.2 Å². The third-order valence-electron chi connectivity index (χ3n) is 6.38. The van der Waals surface area contributed by atoms with Gasteiger partial charge in [-0.05, 0) is 60.4 Å². The number of nitrogens with zero attached hydrogens (tertiary/aromatic N) is 3. The topological polar surface area (TPSA) is 71.8 Å². The lowest BCUT2D eigenvalue weighted by Gasteiger charge is -2.47. The lowest BCUT2D eigenvalue weighted by Crippen LogP contribution is -2.38. The van der Waals surface area contributed by atoms with E-state index in [0.717, 1.165) is 43.0 Å². The Hall–Kier alpha value is -3.36. The second-order valence-corrected chi connectivity index (χ2v) is 9.90. The first-order chi connectivity index (χ1) is 16.6. The molecule has 0 bridgehead atoms. The molecular weight excluding hydrogens is 455 g/mol. The molecule has 1 aromatic carbocycles. The standard InChI is InChI=1S/C26H30F3N5O/c1-4-11-30-24(35)18-7-5-17(6-8-18)23(19-12-25(2,3)13-19)33-20-9-10-22(31-14-20)34-15-21(32-16-34)26(27,28)29/h5-10,14-16,19,23,33H,4,11-13H2,1-3H3,(H,30,35). The van der Waals surface area contributed by atoms with Gasteiger partial charge in [-0.15, -0.1) is 0 Å². The van der Waals surface area contributed by atoms with Crippen LogP contribution in [0.3, 0.4) is 0 Å². The number of benzene rings is 1.